The van der Waals surface area contributed by atoms with Crippen molar-refractivity contribution in [1.82, 2.24) is 4.90 Å². The van der Waals surface area contributed by atoms with Gasteiger partial charge in [-0.2, -0.15) is 0 Å². The fourth-order valence-electron chi connectivity index (χ4n) is 4.49. The molecule has 0 radical (unpaired) electrons. The van der Waals surface area contributed by atoms with Crippen molar-refractivity contribution < 1.29 is 23.5 Å². The van der Waals surface area contributed by atoms with E-state index in [1.807, 2.05) is 4.90 Å². The van der Waals surface area contributed by atoms with Gasteiger partial charge < -0.3 is 9.64 Å². The first kappa shape index (κ1) is 19.5. The summed E-state index contributed by atoms with van der Waals surface area (Å²) in [6.45, 7) is 1.74. The van der Waals surface area contributed by atoms with Crippen LogP contribution >= 0.6 is 0 Å². The van der Waals surface area contributed by atoms with E-state index in [0.717, 1.165) is 37.3 Å². The van der Waals surface area contributed by atoms with Gasteiger partial charge in [0.25, 0.3) is 11.8 Å². The zero-order valence-electron chi connectivity index (χ0n) is 16.9. The topological polar surface area (TPSA) is 70.2 Å². The molecule has 3 aliphatic rings. The van der Waals surface area contributed by atoms with Gasteiger partial charge in [-0.25, -0.2) is 9.18 Å². The summed E-state index contributed by atoms with van der Waals surface area (Å²) in [6, 6.07) is 11.4. The maximum atomic E-state index is 14.8. The fourth-order valence-corrected chi connectivity index (χ4v) is 4.49. The molecule has 2 aromatic carbocycles. The number of halogens is 1. The second-order valence-corrected chi connectivity index (χ2v) is 8.07. The van der Waals surface area contributed by atoms with Crippen LogP contribution in [0.4, 0.5) is 20.6 Å². The van der Waals surface area contributed by atoms with Crippen molar-refractivity contribution in [3.63, 3.8) is 0 Å². The number of carbonyl (C=O) groups excluding carboxylic acids is 3. The van der Waals surface area contributed by atoms with E-state index >= 15 is 0 Å². The van der Waals surface area contributed by atoms with Crippen molar-refractivity contribution >= 4 is 29.3 Å². The minimum atomic E-state index is -0.681. The summed E-state index contributed by atoms with van der Waals surface area (Å²) in [4.78, 5) is 42.0. The van der Waals surface area contributed by atoms with Crippen LogP contribution in [0.15, 0.2) is 42.5 Å². The highest BCUT2D eigenvalue weighted by molar-refractivity contribution is 6.21. The monoisotopic (exact) mass is 423 g/mol. The highest BCUT2D eigenvalue weighted by Gasteiger charge is 2.40. The van der Waals surface area contributed by atoms with E-state index in [1.54, 1.807) is 36.4 Å². The number of carbonyl (C=O) groups is 3. The number of ether oxygens (including phenoxy) is 1. The number of rotatable bonds is 4. The van der Waals surface area contributed by atoms with E-state index < -0.39 is 24.0 Å². The number of cyclic esters (lactones) is 1. The highest BCUT2D eigenvalue weighted by Crippen LogP contribution is 2.30. The molecular formula is C23H22FN3O4. The molecule has 2 aromatic rings. The van der Waals surface area contributed by atoms with Crippen LogP contribution in [-0.2, 0) is 4.74 Å². The SMILES string of the molecule is O=C1c2ccccc2C(=O)N1C[C@H]1CN(c2ccc(N3CCCCC3)c(F)c2)C(=O)O1. The molecule has 8 heteroatoms. The van der Waals surface area contributed by atoms with E-state index in [9.17, 15) is 18.8 Å². The van der Waals surface area contributed by atoms with Crippen molar-refractivity contribution in [2.45, 2.75) is 25.4 Å². The summed E-state index contributed by atoms with van der Waals surface area (Å²) in [5, 5.41) is 0. The molecule has 0 aliphatic carbocycles. The molecule has 3 heterocycles. The van der Waals surface area contributed by atoms with E-state index in [-0.39, 0.29) is 18.9 Å². The smallest absolute Gasteiger partial charge is 0.414 e. The van der Waals surface area contributed by atoms with Gasteiger partial charge in [0, 0.05) is 13.1 Å². The molecule has 1 atom stereocenters. The Morgan fingerprint density at radius 3 is 2.26 bits per heavy atom. The predicted octanol–water partition coefficient (Wildman–Crippen LogP) is 3.44. The summed E-state index contributed by atoms with van der Waals surface area (Å²) in [6.07, 6.45) is 1.94. The number of benzene rings is 2. The van der Waals surface area contributed by atoms with E-state index in [0.29, 0.717) is 22.5 Å². The highest BCUT2D eigenvalue weighted by atomic mass is 19.1. The molecule has 2 saturated heterocycles. The largest absolute Gasteiger partial charge is 0.442 e. The Morgan fingerprint density at radius 1 is 0.935 bits per heavy atom. The van der Waals surface area contributed by atoms with Crippen LogP contribution in [0.1, 0.15) is 40.0 Å². The zero-order valence-corrected chi connectivity index (χ0v) is 16.9. The van der Waals surface area contributed by atoms with Gasteiger partial charge in [-0.05, 0) is 49.6 Å². The lowest BCUT2D eigenvalue weighted by Crippen LogP contribution is -2.38. The standard InChI is InChI=1S/C23H22FN3O4/c24-19-12-15(8-9-20(19)25-10-4-1-5-11-25)26-13-16(31-23(26)30)14-27-21(28)17-6-2-3-7-18(17)22(27)29/h2-3,6-9,12,16H,1,4-5,10-11,13-14H2/t16-/m1/s1. The molecule has 0 aromatic heterocycles. The second kappa shape index (κ2) is 7.68. The first-order chi connectivity index (χ1) is 15.0. The average Bonchev–Trinajstić information content (AvgIpc) is 3.27. The van der Waals surface area contributed by atoms with Gasteiger partial charge in [0.05, 0.1) is 35.6 Å². The molecule has 5 rings (SSSR count). The van der Waals surface area contributed by atoms with Gasteiger partial charge in [-0.3, -0.25) is 19.4 Å². The lowest BCUT2D eigenvalue weighted by atomic mass is 10.1. The Labute approximate surface area is 179 Å². The van der Waals surface area contributed by atoms with Crippen molar-refractivity contribution in [2.75, 3.05) is 36.0 Å². The Kier molecular flexibility index (Phi) is 4.84. The number of hydrogen-bond acceptors (Lipinski definition) is 5. The van der Waals surface area contributed by atoms with Crippen molar-refractivity contribution in [3.8, 4) is 0 Å². The minimum Gasteiger partial charge on any atom is -0.442 e. The normalized spacial score (nSPS) is 21.0. The maximum absolute atomic E-state index is 14.8. The van der Waals surface area contributed by atoms with E-state index in [1.165, 1.54) is 11.0 Å². The second-order valence-electron chi connectivity index (χ2n) is 8.07. The van der Waals surface area contributed by atoms with Gasteiger partial charge in [0.15, 0.2) is 0 Å². The summed E-state index contributed by atoms with van der Waals surface area (Å²) in [5.74, 6) is -1.17. The van der Waals surface area contributed by atoms with Crippen LogP contribution in [0, 0.1) is 5.82 Å². The fraction of sp³-hybridized carbons (Fsp3) is 0.348. The first-order valence-corrected chi connectivity index (χ1v) is 10.5. The van der Waals surface area contributed by atoms with Crippen molar-refractivity contribution in [2.24, 2.45) is 0 Å². The van der Waals surface area contributed by atoms with Gasteiger partial charge in [-0.1, -0.05) is 12.1 Å². The third kappa shape index (κ3) is 3.41. The molecule has 3 amide bonds. The van der Waals surface area contributed by atoms with E-state index in [4.69, 9.17) is 4.74 Å². The van der Waals surface area contributed by atoms with Crippen LogP contribution in [-0.4, -0.2) is 55.1 Å². The van der Waals surface area contributed by atoms with Crippen molar-refractivity contribution in [1.29, 1.82) is 0 Å². The number of imide groups is 1. The molecule has 0 saturated carbocycles. The maximum Gasteiger partial charge on any atom is 0.414 e. The van der Waals surface area contributed by atoms with Gasteiger partial charge >= 0.3 is 6.09 Å². The van der Waals surface area contributed by atoms with E-state index in [2.05, 4.69) is 0 Å². The lowest BCUT2D eigenvalue weighted by Gasteiger charge is -2.29. The minimum absolute atomic E-state index is 0.0388. The number of anilines is 2. The Balaban J connectivity index is 1.29. The number of piperidine rings is 1. The molecule has 7 nitrogen and oxygen atoms in total. The third-order valence-corrected chi connectivity index (χ3v) is 6.08. The van der Waals surface area contributed by atoms with Gasteiger partial charge in [0.2, 0.25) is 0 Å². The molecular weight excluding hydrogens is 401 g/mol. The molecule has 31 heavy (non-hydrogen) atoms. The summed E-state index contributed by atoms with van der Waals surface area (Å²) in [5.41, 5.74) is 1.64. The number of fused-ring (bicyclic) bond motifs is 1. The molecule has 3 aliphatic heterocycles. The average molecular weight is 423 g/mol. The molecule has 0 unspecified atom stereocenters. The number of hydrogen-bond donors (Lipinski definition) is 0. The quantitative estimate of drug-likeness (QED) is 0.705. The third-order valence-electron chi connectivity index (χ3n) is 6.08. The number of amides is 3. The predicted molar refractivity (Wildman–Crippen MR) is 112 cm³/mol. The summed E-state index contributed by atoms with van der Waals surface area (Å²) < 4.78 is 20.2. The first-order valence-electron chi connectivity index (χ1n) is 10.5. The van der Waals surface area contributed by atoms with Gasteiger partial charge in [0.1, 0.15) is 11.9 Å². The number of nitrogens with zero attached hydrogens (tertiary/aromatic N) is 3. The summed E-state index contributed by atoms with van der Waals surface area (Å²) in [7, 11) is 0. The lowest BCUT2D eigenvalue weighted by molar-refractivity contribution is 0.0558. The van der Waals surface area contributed by atoms with Crippen LogP contribution in [0.3, 0.4) is 0 Å². The van der Waals surface area contributed by atoms with Crippen molar-refractivity contribution in [3.05, 3.63) is 59.4 Å². The summed E-state index contributed by atoms with van der Waals surface area (Å²) >= 11 is 0. The Morgan fingerprint density at radius 2 is 1.61 bits per heavy atom. The molecule has 160 valence electrons. The molecule has 0 N–H and O–H groups in total. The Hall–Kier alpha value is -3.42. The van der Waals surface area contributed by atoms with Crippen LogP contribution in [0.25, 0.3) is 0 Å². The Bertz CT molecular complexity index is 1030. The zero-order chi connectivity index (χ0) is 21.5. The molecule has 0 spiro atoms. The van der Waals surface area contributed by atoms with Crippen LogP contribution in [0.5, 0.6) is 0 Å². The molecule has 2 fully saturated rings. The van der Waals surface area contributed by atoms with Gasteiger partial charge in [-0.15, -0.1) is 0 Å². The van der Waals surface area contributed by atoms with Crippen LogP contribution < -0.4 is 9.80 Å². The molecule has 0 bridgehead atoms. The van der Waals surface area contributed by atoms with Crippen LogP contribution in [0.2, 0.25) is 0 Å².